The first-order valence-corrected chi connectivity index (χ1v) is 7.36. The number of carbonyl (C=O) groups is 2. The third-order valence-corrected chi connectivity index (χ3v) is 4.75. The fourth-order valence-corrected chi connectivity index (χ4v) is 3.13. The zero-order valence-electron chi connectivity index (χ0n) is 11.7. The van der Waals surface area contributed by atoms with Gasteiger partial charge in [-0.05, 0) is 38.5 Å². The Bertz CT molecular complexity index is 343. The predicted octanol–water partition coefficient (Wildman–Crippen LogP) is 2.17. The first kappa shape index (κ1) is 14.2. The van der Waals surface area contributed by atoms with Crippen LogP contribution in [0, 0.1) is 5.41 Å². The highest BCUT2D eigenvalue weighted by atomic mass is 16.4. The maximum atomic E-state index is 12.3. The molecule has 2 aliphatic heterocycles. The molecule has 0 aromatic heterocycles. The van der Waals surface area contributed by atoms with Gasteiger partial charge >= 0.3 is 12.0 Å². The van der Waals surface area contributed by atoms with Gasteiger partial charge in [0.1, 0.15) is 0 Å². The van der Waals surface area contributed by atoms with E-state index < -0.39 is 11.4 Å². The normalized spacial score (nSPS) is 23.2. The summed E-state index contributed by atoms with van der Waals surface area (Å²) in [7, 11) is 0. The lowest BCUT2D eigenvalue weighted by Crippen LogP contribution is -2.51. The standard InChI is InChI=1S/C14H24N2O3/c1-2-14(12(17)18)6-10-16(11-7-14)13(19)15-8-4-3-5-9-15/h2-11H2,1H3,(H,17,18). The van der Waals surface area contributed by atoms with E-state index in [2.05, 4.69) is 0 Å². The lowest BCUT2D eigenvalue weighted by Gasteiger charge is -2.40. The van der Waals surface area contributed by atoms with Gasteiger partial charge in [0.2, 0.25) is 0 Å². The van der Waals surface area contributed by atoms with E-state index in [4.69, 9.17) is 0 Å². The summed E-state index contributed by atoms with van der Waals surface area (Å²) in [5.41, 5.74) is -0.612. The van der Waals surface area contributed by atoms with E-state index >= 15 is 0 Å². The number of urea groups is 1. The fourth-order valence-electron chi connectivity index (χ4n) is 3.13. The van der Waals surface area contributed by atoms with E-state index in [1.54, 1.807) is 0 Å². The van der Waals surface area contributed by atoms with Crippen molar-refractivity contribution in [3.63, 3.8) is 0 Å². The summed E-state index contributed by atoms with van der Waals surface area (Å²) in [6.45, 7) is 4.79. The van der Waals surface area contributed by atoms with Gasteiger partial charge in [0, 0.05) is 26.2 Å². The molecule has 0 bridgehead atoms. The van der Waals surface area contributed by atoms with Crippen LogP contribution < -0.4 is 0 Å². The maximum absolute atomic E-state index is 12.3. The Morgan fingerprint density at radius 3 is 2.00 bits per heavy atom. The van der Waals surface area contributed by atoms with Crippen LogP contribution in [0.15, 0.2) is 0 Å². The van der Waals surface area contributed by atoms with Crippen molar-refractivity contribution in [1.29, 1.82) is 0 Å². The highest BCUT2D eigenvalue weighted by Gasteiger charge is 2.41. The summed E-state index contributed by atoms with van der Waals surface area (Å²) in [6, 6.07) is 0.106. The van der Waals surface area contributed by atoms with Gasteiger partial charge in [-0.1, -0.05) is 6.92 Å². The highest BCUT2D eigenvalue weighted by Crippen LogP contribution is 2.35. The molecule has 0 aromatic rings. The SMILES string of the molecule is CCC1(C(=O)O)CCN(C(=O)N2CCCCC2)CC1. The van der Waals surface area contributed by atoms with Crippen LogP contribution in [-0.4, -0.2) is 53.1 Å². The fraction of sp³-hybridized carbons (Fsp3) is 0.857. The van der Waals surface area contributed by atoms with Gasteiger partial charge in [0.05, 0.1) is 5.41 Å². The molecule has 0 aromatic carbocycles. The second-order valence-corrected chi connectivity index (χ2v) is 5.76. The maximum Gasteiger partial charge on any atom is 0.319 e. The summed E-state index contributed by atoms with van der Waals surface area (Å²) in [4.78, 5) is 27.5. The van der Waals surface area contributed by atoms with Crippen LogP contribution in [0.25, 0.3) is 0 Å². The summed E-state index contributed by atoms with van der Waals surface area (Å²) in [5, 5.41) is 9.35. The van der Waals surface area contributed by atoms with Crippen molar-refractivity contribution < 1.29 is 14.7 Å². The number of rotatable bonds is 2. The summed E-state index contributed by atoms with van der Waals surface area (Å²) in [5.74, 6) is -0.708. The molecule has 0 aliphatic carbocycles. The van der Waals surface area contributed by atoms with Crippen molar-refractivity contribution in [2.45, 2.75) is 45.4 Å². The van der Waals surface area contributed by atoms with Crippen LogP contribution in [0.2, 0.25) is 0 Å². The molecule has 2 rings (SSSR count). The zero-order valence-corrected chi connectivity index (χ0v) is 11.7. The van der Waals surface area contributed by atoms with Crippen LogP contribution in [0.3, 0.4) is 0 Å². The average Bonchev–Trinajstić information content (AvgIpc) is 2.47. The molecule has 1 N–H and O–H groups in total. The van der Waals surface area contributed by atoms with Crippen LogP contribution in [0.5, 0.6) is 0 Å². The van der Waals surface area contributed by atoms with Gasteiger partial charge in [-0.25, -0.2) is 4.79 Å². The van der Waals surface area contributed by atoms with Crippen molar-refractivity contribution in [3.05, 3.63) is 0 Å². The van der Waals surface area contributed by atoms with Crippen molar-refractivity contribution in [2.75, 3.05) is 26.2 Å². The topological polar surface area (TPSA) is 60.9 Å². The second kappa shape index (κ2) is 5.80. The quantitative estimate of drug-likeness (QED) is 0.835. The van der Waals surface area contributed by atoms with Gasteiger partial charge in [-0.15, -0.1) is 0 Å². The minimum atomic E-state index is -0.708. The average molecular weight is 268 g/mol. The molecular weight excluding hydrogens is 244 g/mol. The number of piperidine rings is 2. The van der Waals surface area contributed by atoms with Crippen molar-refractivity contribution in [2.24, 2.45) is 5.41 Å². The molecule has 0 radical (unpaired) electrons. The Hall–Kier alpha value is -1.26. The number of nitrogens with zero attached hydrogens (tertiary/aromatic N) is 2. The summed E-state index contributed by atoms with van der Waals surface area (Å²) >= 11 is 0. The lowest BCUT2D eigenvalue weighted by molar-refractivity contribution is -0.152. The Balaban J connectivity index is 1.92. The number of carboxylic acids is 1. The van der Waals surface area contributed by atoms with Gasteiger partial charge in [0.15, 0.2) is 0 Å². The van der Waals surface area contributed by atoms with E-state index in [-0.39, 0.29) is 6.03 Å². The number of aliphatic carboxylic acids is 1. The largest absolute Gasteiger partial charge is 0.481 e. The van der Waals surface area contributed by atoms with E-state index in [0.29, 0.717) is 32.4 Å². The molecule has 5 heteroatoms. The van der Waals surface area contributed by atoms with Crippen LogP contribution in [-0.2, 0) is 4.79 Å². The number of hydrogen-bond donors (Lipinski definition) is 1. The molecule has 108 valence electrons. The minimum Gasteiger partial charge on any atom is -0.481 e. The van der Waals surface area contributed by atoms with E-state index in [9.17, 15) is 14.7 Å². The Kier molecular flexibility index (Phi) is 4.32. The first-order chi connectivity index (χ1) is 9.09. The van der Waals surface area contributed by atoms with Crippen LogP contribution in [0.4, 0.5) is 4.79 Å². The highest BCUT2D eigenvalue weighted by molar-refractivity contribution is 5.77. The predicted molar refractivity (Wildman–Crippen MR) is 72.0 cm³/mol. The summed E-state index contributed by atoms with van der Waals surface area (Å²) in [6.07, 6.45) is 5.20. The number of carboxylic acid groups (broad SMARTS) is 1. The number of amides is 2. The molecule has 2 fully saturated rings. The number of hydrogen-bond acceptors (Lipinski definition) is 2. The number of carbonyl (C=O) groups excluding carboxylic acids is 1. The van der Waals surface area contributed by atoms with Crippen LogP contribution in [0.1, 0.15) is 45.4 Å². The monoisotopic (exact) mass is 268 g/mol. The first-order valence-electron chi connectivity index (χ1n) is 7.36. The van der Waals surface area contributed by atoms with Crippen molar-refractivity contribution in [3.8, 4) is 0 Å². The van der Waals surface area contributed by atoms with E-state index in [1.165, 1.54) is 6.42 Å². The smallest absolute Gasteiger partial charge is 0.319 e. The molecule has 0 unspecified atom stereocenters. The molecule has 0 saturated carbocycles. The summed E-state index contributed by atoms with van der Waals surface area (Å²) < 4.78 is 0. The van der Waals surface area contributed by atoms with Gasteiger partial charge in [0.25, 0.3) is 0 Å². The van der Waals surface area contributed by atoms with Gasteiger partial charge in [-0.3, -0.25) is 4.79 Å². The van der Waals surface area contributed by atoms with E-state index in [0.717, 1.165) is 25.9 Å². The Morgan fingerprint density at radius 2 is 1.53 bits per heavy atom. The molecule has 2 amide bonds. The number of likely N-dealkylation sites (tertiary alicyclic amines) is 2. The lowest BCUT2D eigenvalue weighted by atomic mass is 9.76. The zero-order chi connectivity index (χ0) is 13.9. The Morgan fingerprint density at radius 1 is 1.00 bits per heavy atom. The molecule has 19 heavy (non-hydrogen) atoms. The molecule has 0 atom stereocenters. The molecule has 2 aliphatic rings. The molecule has 5 nitrogen and oxygen atoms in total. The Labute approximate surface area is 114 Å². The minimum absolute atomic E-state index is 0.106. The molecular formula is C14H24N2O3. The van der Waals surface area contributed by atoms with Crippen molar-refractivity contribution >= 4 is 12.0 Å². The third-order valence-electron chi connectivity index (χ3n) is 4.75. The third kappa shape index (κ3) is 2.85. The second-order valence-electron chi connectivity index (χ2n) is 5.76. The van der Waals surface area contributed by atoms with Crippen molar-refractivity contribution in [1.82, 2.24) is 9.80 Å². The molecule has 2 heterocycles. The van der Waals surface area contributed by atoms with Gasteiger partial charge < -0.3 is 14.9 Å². The molecule has 2 saturated heterocycles. The van der Waals surface area contributed by atoms with Crippen LogP contribution >= 0.6 is 0 Å². The molecule has 0 spiro atoms. The van der Waals surface area contributed by atoms with E-state index in [1.807, 2.05) is 16.7 Å². The van der Waals surface area contributed by atoms with Gasteiger partial charge in [-0.2, -0.15) is 0 Å².